The van der Waals surface area contributed by atoms with E-state index in [4.69, 9.17) is 10.4 Å². The molecule has 4 heterocycles. The Morgan fingerprint density at radius 2 is 1.87 bits per heavy atom. The molecule has 3 N–H and O–H groups in total. The number of nitrogens with one attached hydrogen (secondary N) is 3. The number of thiophene rings is 1. The fourth-order valence-corrected chi connectivity index (χ4v) is 7.22. The summed E-state index contributed by atoms with van der Waals surface area (Å²) in [4.78, 5) is 46.2. The highest BCUT2D eigenvalue weighted by Gasteiger charge is 2.28. The molecule has 10 heteroatoms. The minimum absolute atomic E-state index is 0.00778. The number of anilines is 1. The summed E-state index contributed by atoms with van der Waals surface area (Å²) >= 11 is 1.44. The van der Waals surface area contributed by atoms with Crippen LogP contribution in [0.4, 0.5) is 5.00 Å². The van der Waals surface area contributed by atoms with Gasteiger partial charge in [0.25, 0.3) is 17.4 Å². The lowest BCUT2D eigenvalue weighted by atomic mass is 9.95. The molecule has 2 amide bonds. The highest BCUT2D eigenvalue weighted by Crippen LogP contribution is 2.38. The summed E-state index contributed by atoms with van der Waals surface area (Å²) in [7, 11) is 1.59. The molecular formula is C28H30N6O3S. The van der Waals surface area contributed by atoms with Gasteiger partial charge in [-0.05, 0) is 68.7 Å². The molecular weight excluding hydrogens is 500 g/mol. The first-order valence-corrected chi connectivity index (χ1v) is 14.0. The van der Waals surface area contributed by atoms with Gasteiger partial charge in [0, 0.05) is 24.2 Å². The maximum absolute atomic E-state index is 13.8. The van der Waals surface area contributed by atoms with Crippen LogP contribution in [0.1, 0.15) is 81.3 Å². The van der Waals surface area contributed by atoms with E-state index in [0.717, 1.165) is 67.4 Å². The second kappa shape index (κ2) is 9.50. The molecule has 0 unspecified atom stereocenters. The molecule has 1 fully saturated rings. The number of amides is 2. The monoisotopic (exact) mass is 530 g/mol. The molecule has 0 atom stereocenters. The molecule has 1 saturated carbocycles. The number of hydrogen-bond acceptors (Lipinski definition) is 6. The second-order valence-corrected chi connectivity index (χ2v) is 11.3. The van der Waals surface area contributed by atoms with Crippen LogP contribution in [0.15, 0.2) is 29.2 Å². The first-order chi connectivity index (χ1) is 18.4. The number of nitrogens with zero attached hydrogens (tertiary/aromatic N) is 3. The van der Waals surface area contributed by atoms with Crippen molar-refractivity contribution in [3.63, 3.8) is 0 Å². The maximum Gasteiger partial charge on any atom is 0.267 e. The molecule has 6 rings (SSSR count). The van der Waals surface area contributed by atoms with Crippen molar-refractivity contribution in [2.75, 3.05) is 12.4 Å². The van der Waals surface area contributed by atoms with Crippen LogP contribution in [0.5, 0.6) is 0 Å². The van der Waals surface area contributed by atoms with Gasteiger partial charge in [-0.1, -0.05) is 18.9 Å². The van der Waals surface area contributed by atoms with Crippen LogP contribution in [-0.4, -0.2) is 32.8 Å². The Bertz CT molecular complexity index is 1740. The normalized spacial score (nSPS) is 15.6. The minimum atomic E-state index is -0.499. The summed E-state index contributed by atoms with van der Waals surface area (Å²) in [5, 5.41) is 15.6. The van der Waals surface area contributed by atoms with Gasteiger partial charge in [-0.2, -0.15) is 0 Å². The van der Waals surface area contributed by atoms with Gasteiger partial charge in [-0.25, -0.2) is 4.98 Å². The van der Waals surface area contributed by atoms with Gasteiger partial charge in [-0.15, -0.1) is 11.3 Å². The standard InChI is InChI=1S/C28H30N6O3S/c1-15-8-7-13-33-23(15)31-24-19(28(33)37)14-18(22(29)34(24)16-9-3-4-10-16)25(35)32-27-21(26(36)30-2)17-11-5-6-12-20(17)38-27/h7-8,13-14,16,29H,3-6,9-12H2,1-2H3,(H,30,36)(H,32,35). The number of carbonyl (C=O) groups is 2. The van der Waals surface area contributed by atoms with E-state index in [1.54, 1.807) is 23.9 Å². The van der Waals surface area contributed by atoms with E-state index in [-0.39, 0.29) is 28.6 Å². The van der Waals surface area contributed by atoms with E-state index in [2.05, 4.69) is 10.6 Å². The Morgan fingerprint density at radius 3 is 2.63 bits per heavy atom. The summed E-state index contributed by atoms with van der Waals surface area (Å²) in [5.74, 6) is -0.726. The average molecular weight is 531 g/mol. The van der Waals surface area contributed by atoms with Crippen molar-refractivity contribution in [2.24, 2.45) is 0 Å². The number of pyridine rings is 2. The van der Waals surface area contributed by atoms with E-state index in [1.807, 2.05) is 13.0 Å². The number of fused-ring (bicyclic) bond motifs is 3. The lowest BCUT2D eigenvalue weighted by Crippen LogP contribution is -2.34. The Kier molecular flexibility index (Phi) is 6.14. The van der Waals surface area contributed by atoms with Crippen molar-refractivity contribution < 1.29 is 9.59 Å². The van der Waals surface area contributed by atoms with E-state index < -0.39 is 5.91 Å². The molecule has 0 radical (unpaired) electrons. The smallest absolute Gasteiger partial charge is 0.267 e. The topological polar surface area (TPSA) is 121 Å². The third-order valence-electron chi connectivity index (χ3n) is 7.86. The van der Waals surface area contributed by atoms with Crippen LogP contribution in [0, 0.1) is 12.3 Å². The van der Waals surface area contributed by atoms with Crippen LogP contribution >= 0.6 is 11.3 Å². The largest absolute Gasteiger partial charge is 0.355 e. The zero-order valence-electron chi connectivity index (χ0n) is 21.5. The average Bonchev–Trinajstić information content (AvgIpc) is 3.57. The van der Waals surface area contributed by atoms with Crippen molar-refractivity contribution in [3.05, 3.63) is 67.4 Å². The third kappa shape index (κ3) is 3.86. The fraction of sp³-hybridized carbons (Fsp3) is 0.393. The molecule has 0 aromatic carbocycles. The molecule has 0 saturated heterocycles. The summed E-state index contributed by atoms with van der Waals surface area (Å²) in [6, 6.07) is 5.19. The Hall–Kier alpha value is -3.79. The summed E-state index contributed by atoms with van der Waals surface area (Å²) in [5.41, 5.74) is 3.24. The van der Waals surface area contributed by atoms with Crippen molar-refractivity contribution in [1.29, 1.82) is 5.41 Å². The summed E-state index contributed by atoms with van der Waals surface area (Å²) in [6.45, 7) is 1.90. The molecule has 4 aromatic rings. The van der Waals surface area contributed by atoms with Gasteiger partial charge in [0.2, 0.25) is 0 Å². The van der Waals surface area contributed by atoms with Gasteiger partial charge in [0.05, 0.1) is 16.5 Å². The molecule has 9 nitrogen and oxygen atoms in total. The summed E-state index contributed by atoms with van der Waals surface area (Å²) in [6.07, 6.45) is 9.21. The highest BCUT2D eigenvalue weighted by atomic mass is 32.1. The third-order valence-corrected chi connectivity index (χ3v) is 9.07. The maximum atomic E-state index is 13.8. The minimum Gasteiger partial charge on any atom is -0.355 e. The van der Waals surface area contributed by atoms with Crippen LogP contribution in [0.3, 0.4) is 0 Å². The SMILES string of the molecule is CNC(=O)c1c(NC(=O)c2cc3c(=O)n4cccc(C)c4nc3n(C3CCCC3)c2=N)sc2c1CCCC2. The van der Waals surface area contributed by atoms with Gasteiger partial charge in [-0.3, -0.25) is 24.2 Å². The lowest BCUT2D eigenvalue weighted by molar-refractivity contribution is 0.0963. The number of carbonyl (C=O) groups excluding carboxylic acids is 2. The van der Waals surface area contributed by atoms with E-state index in [0.29, 0.717) is 27.2 Å². The van der Waals surface area contributed by atoms with Gasteiger partial charge >= 0.3 is 0 Å². The number of aromatic nitrogens is 3. The van der Waals surface area contributed by atoms with Crippen LogP contribution in [0.2, 0.25) is 0 Å². The van der Waals surface area contributed by atoms with Crippen molar-refractivity contribution >= 4 is 44.8 Å². The Morgan fingerprint density at radius 1 is 1.11 bits per heavy atom. The quantitative estimate of drug-likeness (QED) is 0.344. The molecule has 2 aliphatic rings. The van der Waals surface area contributed by atoms with E-state index in [9.17, 15) is 14.4 Å². The summed E-state index contributed by atoms with van der Waals surface area (Å²) < 4.78 is 3.28. The molecule has 0 spiro atoms. The van der Waals surface area contributed by atoms with Gasteiger partial charge in [0.1, 0.15) is 21.8 Å². The lowest BCUT2D eigenvalue weighted by Gasteiger charge is -2.20. The van der Waals surface area contributed by atoms with Crippen LogP contribution < -0.4 is 21.7 Å². The van der Waals surface area contributed by atoms with Crippen LogP contribution in [0.25, 0.3) is 16.7 Å². The van der Waals surface area contributed by atoms with Crippen LogP contribution in [-0.2, 0) is 12.8 Å². The number of hydrogen-bond donors (Lipinski definition) is 3. The first kappa shape index (κ1) is 24.5. The molecule has 0 aliphatic heterocycles. The number of aryl methyl sites for hydroxylation is 2. The first-order valence-electron chi connectivity index (χ1n) is 13.2. The fourth-order valence-electron chi connectivity index (χ4n) is 5.94. The Labute approximate surface area is 223 Å². The van der Waals surface area contributed by atoms with E-state index in [1.165, 1.54) is 21.8 Å². The van der Waals surface area contributed by atoms with Crippen molar-refractivity contribution in [3.8, 4) is 0 Å². The van der Waals surface area contributed by atoms with Crippen molar-refractivity contribution in [1.82, 2.24) is 19.3 Å². The zero-order valence-corrected chi connectivity index (χ0v) is 22.3. The molecule has 4 aromatic heterocycles. The predicted octanol–water partition coefficient (Wildman–Crippen LogP) is 4.10. The molecule has 2 aliphatic carbocycles. The predicted molar refractivity (Wildman–Crippen MR) is 147 cm³/mol. The van der Waals surface area contributed by atoms with E-state index >= 15 is 0 Å². The number of rotatable bonds is 4. The Balaban J connectivity index is 1.54. The second-order valence-electron chi connectivity index (χ2n) is 10.2. The van der Waals surface area contributed by atoms with Gasteiger partial charge in [0.15, 0.2) is 0 Å². The zero-order chi connectivity index (χ0) is 26.6. The molecule has 0 bridgehead atoms. The van der Waals surface area contributed by atoms with Crippen molar-refractivity contribution in [2.45, 2.75) is 64.3 Å². The molecule has 38 heavy (non-hydrogen) atoms. The van der Waals surface area contributed by atoms with Gasteiger partial charge < -0.3 is 15.2 Å². The highest BCUT2D eigenvalue weighted by molar-refractivity contribution is 7.17. The molecule has 196 valence electrons.